The quantitative estimate of drug-likeness (QED) is 0.821. The molecule has 0 aromatic rings. The summed E-state index contributed by atoms with van der Waals surface area (Å²) in [7, 11) is 0. The lowest BCUT2D eigenvalue weighted by molar-refractivity contribution is -0.127. The molecule has 22 heavy (non-hydrogen) atoms. The second-order valence-corrected chi connectivity index (χ2v) is 7.33. The molecule has 2 aliphatic heterocycles. The number of aliphatic hydroxyl groups is 1. The Balaban J connectivity index is 1.43. The lowest BCUT2D eigenvalue weighted by Gasteiger charge is -2.32. The summed E-state index contributed by atoms with van der Waals surface area (Å²) in [6.07, 6.45) is 8.85. The van der Waals surface area contributed by atoms with Crippen LogP contribution in [0.25, 0.3) is 0 Å². The van der Waals surface area contributed by atoms with Crippen LogP contribution in [0.5, 0.6) is 0 Å². The van der Waals surface area contributed by atoms with Gasteiger partial charge in [0.1, 0.15) is 0 Å². The monoisotopic (exact) mass is 310 g/mol. The second kappa shape index (κ2) is 7.28. The molecule has 2 heterocycles. The van der Waals surface area contributed by atoms with E-state index in [4.69, 9.17) is 4.74 Å². The fourth-order valence-electron chi connectivity index (χ4n) is 4.10. The van der Waals surface area contributed by atoms with Crippen molar-refractivity contribution in [1.29, 1.82) is 0 Å². The zero-order valence-corrected chi connectivity index (χ0v) is 13.6. The van der Waals surface area contributed by atoms with Gasteiger partial charge in [0.2, 0.25) is 5.91 Å². The van der Waals surface area contributed by atoms with Gasteiger partial charge in [-0.15, -0.1) is 0 Å². The highest BCUT2D eigenvalue weighted by Crippen LogP contribution is 2.28. The predicted molar refractivity (Wildman–Crippen MR) is 84.6 cm³/mol. The van der Waals surface area contributed by atoms with Crippen molar-refractivity contribution >= 4 is 5.91 Å². The Morgan fingerprint density at radius 1 is 1.18 bits per heavy atom. The van der Waals surface area contributed by atoms with E-state index in [1.165, 1.54) is 32.1 Å². The number of rotatable bonds is 4. The standard InChI is InChI=1S/C17H30N2O3/c20-16(18-13-17(21)7-10-22-11-8-17)14-6-9-19(12-14)15-4-2-1-3-5-15/h14-15,21H,1-13H2,(H,18,20). The maximum atomic E-state index is 12.4. The SMILES string of the molecule is O=C(NCC1(O)CCOCC1)C1CCN(C2CCCCC2)C1. The highest BCUT2D eigenvalue weighted by molar-refractivity contribution is 5.79. The molecule has 3 rings (SSSR count). The Bertz CT molecular complexity index is 376. The number of nitrogens with one attached hydrogen (secondary N) is 1. The summed E-state index contributed by atoms with van der Waals surface area (Å²) in [6.45, 7) is 3.50. The third kappa shape index (κ3) is 4.00. The van der Waals surface area contributed by atoms with Crippen molar-refractivity contribution in [1.82, 2.24) is 10.2 Å². The molecule has 1 aliphatic carbocycles. The molecule has 2 saturated heterocycles. The molecule has 5 nitrogen and oxygen atoms in total. The Morgan fingerprint density at radius 3 is 2.64 bits per heavy atom. The van der Waals surface area contributed by atoms with Gasteiger partial charge in [-0.1, -0.05) is 19.3 Å². The Labute approximate surface area is 133 Å². The molecule has 1 saturated carbocycles. The maximum absolute atomic E-state index is 12.4. The van der Waals surface area contributed by atoms with Crippen LogP contribution in [-0.4, -0.2) is 60.4 Å². The lowest BCUT2D eigenvalue weighted by Crippen LogP contribution is -2.48. The van der Waals surface area contributed by atoms with E-state index in [1.807, 2.05) is 0 Å². The van der Waals surface area contributed by atoms with Gasteiger partial charge in [-0.25, -0.2) is 0 Å². The van der Waals surface area contributed by atoms with E-state index in [0.29, 0.717) is 38.6 Å². The molecule has 0 bridgehead atoms. The molecule has 3 fully saturated rings. The number of nitrogens with zero attached hydrogens (tertiary/aromatic N) is 1. The Kier molecular flexibility index (Phi) is 5.37. The average Bonchev–Trinajstić information content (AvgIpc) is 3.04. The van der Waals surface area contributed by atoms with E-state index in [0.717, 1.165) is 19.5 Å². The number of likely N-dealkylation sites (tertiary alicyclic amines) is 1. The van der Waals surface area contributed by atoms with E-state index in [2.05, 4.69) is 10.2 Å². The van der Waals surface area contributed by atoms with Crippen LogP contribution in [0.15, 0.2) is 0 Å². The largest absolute Gasteiger partial charge is 0.388 e. The van der Waals surface area contributed by atoms with Crippen molar-refractivity contribution in [3.8, 4) is 0 Å². The molecule has 126 valence electrons. The normalized spacial score (nSPS) is 30.3. The van der Waals surface area contributed by atoms with E-state index < -0.39 is 5.60 Å². The molecule has 1 amide bonds. The summed E-state index contributed by atoms with van der Waals surface area (Å²) < 4.78 is 5.27. The van der Waals surface area contributed by atoms with Gasteiger partial charge in [0.25, 0.3) is 0 Å². The van der Waals surface area contributed by atoms with Crippen molar-refractivity contribution in [2.75, 3.05) is 32.8 Å². The van der Waals surface area contributed by atoms with Gasteiger partial charge in [0.15, 0.2) is 0 Å². The number of amides is 1. The van der Waals surface area contributed by atoms with Crippen LogP contribution in [-0.2, 0) is 9.53 Å². The smallest absolute Gasteiger partial charge is 0.224 e. The number of hydrogen-bond donors (Lipinski definition) is 2. The molecule has 0 aromatic heterocycles. The number of hydrogen-bond acceptors (Lipinski definition) is 4. The van der Waals surface area contributed by atoms with Crippen LogP contribution in [0.4, 0.5) is 0 Å². The molecule has 0 spiro atoms. The summed E-state index contributed by atoms with van der Waals surface area (Å²) >= 11 is 0. The van der Waals surface area contributed by atoms with Crippen molar-refractivity contribution in [2.45, 2.75) is 63.0 Å². The van der Waals surface area contributed by atoms with Gasteiger partial charge in [-0.2, -0.15) is 0 Å². The number of carbonyl (C=O) groups is 1. The van der Waals surface area contributed by atoms with Crippen LogP contribution >= 0.6 is 0 Å². The molecular formula is C17H30N2O3. The van der Waals surface area contributed by atoms with Gasteiger partial charge >= 0.3 is 0 Å². The first-order chi connectivity index (χ1) is 10.7. The summed E-state index contributed by atoms with van der Waals surface area (Å²) in [4.78, 5) is 14.9. The van der Waals surface area contributed by atoms with Gasteiger partial charge < -0.3 is 15.2 Å². The van der Waals surface area contributed by atoms with Crippen LogP contribution in [0.2, 0.25) is 0 Å². The molecule has 2 N–H and O–H groups in total. The Hall–Kier alpha value is -0.650. The van der Waals surface area contributed by atoms with Crippen LogP contribution < -0.4 is 5.32 Å². The molecule has 1 unspecified atom stereocenters. The van der Waals surface area contributed by atoms with E-state index in [-0.39, 0.29) is 11.8 Å². The van der Waals surface area contributed by atoms with Crippen molar-refractivity contribution in [3.63, 3.8) is 0 Å². The van der Waals surface area contributed by atoms with Gasteiger partial charge in [-0.3, -0.25) is 9.69 Å². The van der Waals surface area contributed by atoms with Crippen LogP contribution in [0.1, 0.15) is 51.4 Å². The van der Waals surface area contributed by atoms with Crippen molar-refractivity contribution < 1.29 is 14.6 Å². The zero-order chi connectivity index (χ0) is 15.4. The fraction of sp³-hybridized carbons (Fsp3) is 0.941. The maximum Gasteiger partial charge on any atom is 0.224 e. The van der Waals surface area contributed by atoms with Crippen LogP contribution in [0, 0.1) is 5.92 Å². The summed E-state index contributed by atoms with van der Waals surface area (Å²) in [5.41, 5.74) is -0.768. The van der Waals surface area contributed by atoms with Crippen molar-refractivity contribution in [2.24, 2.45) is 5.92 Å². The van der Waals surface area contributed by atoms with Crippen LogP contribution in [0.3, 0.4) is 0 Å². The van der Waals surface area contributed by atoms with E-state index >= 15 is 0 Å². The highest BCUT2D eigenvalue weighted by Gasteiger charge is 2.35. The molecule has 0 radical (unpaired) electrons. The third-order valence-electron chi connectivity index (χ3n) is 5.70. The highest BCUT2D eigenvalue weighted by atomic mass is 16.5. The minimum absolute atomic E-state index is 0.102. The summed E-state index contributed by atoms with van der Waals surface area (Å²) in [5, 5.41) is 13.4. The van der Waals surface area contributed by atoms with E-state index in [1.54, 1.807) is 0 Å². The first-order valence-corrected chi connectivity index (χ1v) is 8.98. The third-order valence-corrected chi connectivity index (χ3v) is 5.70. The zero-order valence-electron chi connectivity index (χ0n) is 13.6. The molecule has 5 heteroatoms. The first kappa shape index (κ1) is 16.2. The first-order valence-electron chi connectivity index (χ1n) is 8.98. The Morgan fingerprint density at radius 2 is 1.91 bits per heavy atom. The fourth-order valence-corrected chi connectivity index (χ4v) is 4.10. The topological polar surface area (TPSA) is 61.8 Å². The average molecular weight is 310 g/mol. The van der Waals surface area contributed by atoms with Crippen molar-refractivity contribution in [3.05, 3.63) is 0 Å². The minimum Gasteiger partial charge on any atom is -0.388 e. The number of ether oxygens (including phenoxy) is 1. The predicted octanol–water partition coefficient (Wildman–Crippen LogP) is 1.30. The van der Waals surface area contributed by atoms with E-state index in [9.17, 15) is 9.90 Å². The molecule has 0 aromatic carbocycles. The number of carbonyl (C=O) groups excluding carboxylic acids is 1. The molecule has 3 aliphatic rings. The van der Waals surface area contributed by atoms with Gasteiger partial charge in [-0.05, 0) is 25.8 Å². The summed E-state index contributed by atoms with van der Waals surface area (Å²) in [6, 6.07) is 0.700. The van der Waals surface area contributed by atoms with Gasteiger partial charge in [0, 0.05) is 45.2 Å². The lowest BCUT2D eigenvalue weighted by atomic mass is 9.94. The molecular weight excluding hydrogens is 280 g/mol. The van der Waals surface area contributed by atoms with Gasteiger partial charge in [0.05, 0.1) is 11.5 Å². The summed E-state index contributed by atoms with van der Waals surface area (Å²) in [5.74, 6) is 0.226. The molecule has 1 atom stereocenters. The minimum atomic E-state index is -0.768. The second-order valence-electron chi connectivity index (χ2n) is 7.33.